The quantitative estimate of drug-likeness (QED) is 0.882. The number of aromatic nitrogens is 1. The molecule has 2 atom stereocenters. The Labute approximate surface area is 137 Å². The van der Waals surface area contributed by atoms with Gasteiger partial charge in [-0.2, -0.15) is 0 Å². The van der Waals surface area contributed by atoms with E-state index in [4.69, 9.17) is 5.73 Å². The fourth-order valence-electron chi connectivity index (χ4n) is 2.42. The SMILES string of the molecule is CC(C)S(=O)(=O)Nc1cccc(-c2ccc([C@@H]3C[C@H]3N)cn2)c1. The van der Waals surface area contributed by atoms with Gasteiger partial charge in [0.2, 0.25) is 10.0 Å². The summed E-state index contributed by atoms with van der Waals surface area (Å²) < 4.78 is 26.5. The lowest BCUT2D eigenvalue weighted by molar-refractivity contribution is 0.593. The summed E-state index contributed by atoms with van der Waals surface area (Å²) >= 11 is 0. The third-order valence-corrected chi connectivity index (χ3v) is 5.85. The molecule has 0 amide bonds. The molecule has 1 heterocycles. The Kier molecular flexibility index (Phi) is 4.12. The number of anilines is 1. The van der Waals surface area contributed by atoms with Crippen LogP contribution in [0.2, 0.25) is 0 Å². The summed E-state index contributed by atoms with van der Waals surface area (Å²) in [5.41, 5.74) is 9.26. The van der Waals surface area contributed by atoms with E-state index < -0.39 is 15.3 Å². The van der Waals surface area contributed by atoms with Crippen molar-refractivity contribution in [3.05, 3.63) is 48.2 Å². The van der Waals surface area contributed by atoms with Crippen LogP contribution >= 0.6 is 0 Å². The molecule has 0 radical (unpaired) electrons. The second-order valence-corrected chi connectivity index (χ2v) is 8.50. The van der Waals surface area contributed by atoms with Crippen molar-refractivity contribution in [1.29, 1.82) is 0 Å². The predicted molar refractivity (Wildman–Crippen MR) is 92.7 cm³/mol. The van der Waals surface area contributed by atoms with Crippen LogP contribution in [0, 0.1) is 0 Å². The van der Waals surface area contributed by atoms with Crippen LogP contribution in [0.15, 0.2) is 42.6 Å². The van der Waals surface area contributed by atoms with Crippen LogP contribution in [0.25, 0.3) is 11.3 Å². The number of hydrogen-bond donors (Lipinski definition) is 2. The summed E-state index contributed by atoms with van der Waals surface area (Å²) in [4.78, 5) is 4.48. The lowest BCUT2D eigenvalue weighted by atomic mass is 10.1. The third kappa shape index (κ3) is 3.54. The van der Waals surface area contributed by atoms with E-state index in [1.54, 1.807) is 26.0 Å². The maximum absolute atomic E-state index is 12.0. The summed E-state index contributed by atoms with van der Waals surface area (Å²) in [6.07, 6.45) is 2.88. The average Bonchev–Trinajstić information content (AvgIpc) is 3.24. The van der Waals surface area contributed by atoms with Crippen molar-refractivity contribution >= 4 is 15.7 Å². The van der Waals surface area contributed by atoms with Crippen molar-refractivity contribution in [2.24, 2.45) is 5.73 Å². The predicted octanol–water partition coefficient (Wildman–Crippen LogP) is 2.71. The lowest BCUT2D eigenvalue weighted by Gasteiger charge is -2.11. The van der Waals surface area contributed by atoms with Gasteiger partial charge in [0.25, 0.3) is 0 Å². The molecule has 0 saturated heterocycles. The highest BCUT2D eigenvalue weighted by atomic mass is 32.2. The summed E-state index contributed by atoms with van der Waals surface area (Å²) in [7, 11) is -3.35. The van der Waals surface area contributed by atoms with E-state index in [9.17, 15) is 8.42 Å². The first-order valence-electron chi connectivity index (χ1n) is 7.70. The largest absolute Gasteiger partial charge is 0.327 e. The molecule has 0 aliphatic heterocycles. The number of nitrogens with one attached hydrogen (secondary N) is 1. The highest BCUT2D eigenvalue weighted by Crippen LogP contribution is 2.38. The number of benzene rings is 1. The highest BCUT2D eigenvalue weighted by molar-refractivity contribution is 7.93. The second kappa shape index (κ2) is 5.94. The van der Waals surface area contributed by atoms with Gasteiger partial charge in [0.05, 0.1) is 10.9 Å². The van der Waals surface area contributed by atoms with Gasteiger partial charge in [-0.1, -0.05) is 18.2 Å². The summed E-state index contributed by atoms with van der Waals surface area (Å²) in [5.74, 6) is 0.431. The van der Waals surface area contributed by atoms with Crippen LogP contribution in [0.5, 0.6) is 0 Å². The standard InChI is InChI=1S/C17H21N3O2S/c1-11(2)23(21,22)20-14-5-3-4-12(8-14)17-7-6-13(10-19-17)15-9-16(15)18/h3-8,10-11,15-16,20H,9,18H2,1-2H3/t15-,16+/m0/s1. The Morgan fingerprint density at radius 1 is 1.26 bits per heavy atom. The van der Waals surface area contributed by atoms with E-state index in [2.05, 4.69) is 9.71 Å². The number of nitrogens with zero attached hydrogens (tertiary/aromatic N) is 1. The zero-order valence-electron chi connectivity index (χ0n) is 13.2. The van der Waals surface area contributed by atoms with Crippen LogP contribution in [0.1, 0.15) is 31.7 Å². The van der Waals surface area contributed by atoms with Gasteiger partial charge < -0.3 is 5.73 Å². The maximum atomic E-state index is 12.0. The van der Waals surface area contributed by atoms with E-state index in [-0.39, 0.29) is 6.04 Å². The second-order valence-electron chi connectivity index (χ2n) is 6.26. The molecule has 1 saturated carbocycles. The highest BCUT2D eigenvalue weighted by Gasteiger charge is 2.34. The Bertz CT molecular complexity index is 801. The van der Waals surface area contributed by atoms with Gasteiger partial charge >= 0.3 is 0 Å². The smallest absolute Gasteiger partial charge is 0.235 e. The average molecular weight is 331 g/mol. The zero-order valence-corrected chi connectivity index (χ0v) is 14.0. The molecule has 3 rings (SSSR count). The molecule has 3 N–H and O–H groups in total. The van der Waals surface area contributed by atoms with Gasteiger partial charge in [-0.3, -0.25) is 9.71 Å². The third-order valence-electron chi connectivity index (χ3n) is 4.09. The number of pyridine rings is 1. The monoisotopic (exact) mass is 331 g/mol. The molecule has 1 fully saturated rings. The zero-order chi connectivity index (χ0) is 16.6. The van der Waals surface area contributed by atoms with Gasteiger partial charge in [0.1, 0.15) is 0 Å². The Hall–Kier alpha value is -1.92. The van der Waals surface area contributed by atoms with Gasteiger partial charge in [-0.15, -0.1) is 0 Å². The minimum atomic E-state index is -3.35. The number of hydrogen-bond acceptors (Lipinski definition) is 4. The van der Waals surface area contributed by atoms with Crippen LogP contribution in [0.4, 0.5) is 5.69 Å². The normalized spacial score (nSPS) is 20.5. The first-order valence-corrected chi connectivity index (χ1v) is 9.25. The fourth-order valence-corrected chi connectivity index (χ4v) is 3.11. The molecular formula is C17H21N3O2S. The summed E-state index contributed by atoms with van der Waals surface area (Å²) in [5, 5.41) is -0.480. The number of nitrogens with two attached hydrogens (primary N) is 1. The molecule has 1 aliphatic carbocycles. The van der Waals surface area contributed by atoms with Gasteiger partial charge in [0.15, 0.2) is 0 Å². The van der Waals surface area contributed by atoms with Crippen molar-refractivity contribution < 1.29 is 8.42 Å². The van der Waals surface area contributed by atoms with Crippen LogP contribution in [0.3, 0.4) is 0 Å². The van der Waals surface area contributed by atoms with E-state index >= 15 is 0 Å². The number of rotatable bonds is 5. The molecule has 6 heteroatoms. The molecule has 5 nitrogen and oxygen atoms in total. The molecule has 122 valence electrons. The van der Waals surface area contributed by atoms with Gasteiger partial charge in [-0.25, -0.2) is 8.42 Å². The van der Waals surface area contributed by atoms with E-state index in [1.807, 2.05) is 30.5 Å². The molecule has 1 aromatic heterocycles. The van der Waals surface area contributed by atoms with Crippen molar-refractivity contribution in [3.63, 3.8) is 0 Å². The molecular weight excluding hydrogens is 310 g/mol. The number of sulfonamides is 1. The first-order chi connectivity index (χ1) is 10.9. The van der Waals surface area contributed by atoms with E-state index in [0.717, 1.165) is 23.2 Å². The van der Waals surface area contributed by atoms with E-state index in [1.165, 1.54) is 0 Å². The molecule has 0 bridgehead atoms. The van der Waals surface area contributed by atoms with E-state index in [0.29, 0.717) is 11.6 Å². The Morgan fingerprint density at radius 3 is 2.57 bits per heavy atom. The first kappa shape index (κ1) is 16.0. The molecule has 23 heavy (non-hydrogen) atoms. The van der Waals surface area contributed by atoms with Crippen LogP contribution < -0.4 is 10.5 Å². The molecule has 1 aromatic carbocycles. The minimum Gasteiger partial charge on any atom is -0.327 e. The van der Waals surface area contributed by atoms with Crippen molar-refractivity contribution in [2.45, 2.75) is 37.5 Å². The Balaban J connectivity index is 1.82. The van der Waals surface area contributed by atoms with Crippen molar-refractivity contribution in [2.75, 3.05) is 4.72 Å². The van der Waals surface area contributed by atoms with Crippen molar-refractivity contribution in [1.82, 2.24) is 4.98 Å². The summed E-state index contributed by atoms with van der Waals surface area (Å²) in [6, 6.07) is 11.5. The van der Waals surface area contributed by atoms with Crippen LogP contribution in [-0.4, -0.2) is 24.7 Å². The molecule has 0 unspecified atom stereocenters. The topological polar surface area (TPSA) is 85.1 Å². The Morgan fingerprint density at radius 2 is 2.00 bits per heavy atom. The lowest BCUT2D eigenvalue weighted by Crippen LogP contribution is -2.22. The molecule has 0 spiro atoms. The fraction of sp³-hybridized carbons (Fsp3) is 0.353. The van der Waals surface area contributed by atoms with Gasteiger partial charge in [-0.05, 0) is 44.0 Å². The summed E-state index contributed by atoms with van der Waals surface area (Å²) in [6.45, 7) is 3.30. The maximum Gasteiger partial charge on any atom is 0.235 e. The molecule has 1 aliphatic rings. The van der Waals surface area contributed by atoms with Crippen LogP contribution in [-0.2, 0) is 10.0 Å². The molecule has 2 aromatic rings. The minimum absolute atomic E-state index is 0.261. The van der Waals surface area contributed by atoms with Crippen molar-refractivity contribution in [3.8, 4) is 11.3 Å². The van der Waals surface area contributed by atoms with Gasteiger partial charge in [0, 0.05) is 29.4 Å².